The van der Waals surface area contributed by atoms with Gasteiger partial charge in [-0.3, -0.25) is 5.32 Å². The minimum Gasteiger partial charge on any atom is -0.332 e. The van der Waals surface area contributed by atoms with E-state index >= 15 is 0 Å². The normalized spacial score (nSPS) is 10.5. The predicted octanol–water partition coefficient (Wildman–Crippen LogP) is 4.58. The lowest BCUT2D eigenvalue weighted by Crippen LogP contribution is -2.20. The lowest BCUT2D eigenvalue weighted by atomic mass is 10.2. The van der Waals surface area contributed by atoms with Crippen LogP contribution in [0, 0.1) is 5.82 Å². The molecule has 0 fully saturated rings. The summed E-state index contributed by atoms with van der Waals surface area (Å²) in [6, 6.07) is 11.1. The van der Waals surface area contributed by atoms with Crippen LogP contribution in [-0.2, 0) is 6.54 Å². The number of thiocarbonyl (C=S) groups is 1. The molecule has 128 valence electrons. The molecule has 0 saturated carbocycles. The summed E-state index contributed by atoms with van der Waals surface area (Å²) in [6.45, 7) is 0.380. The van der Waals surface area contributed by atoms with Gasteiger partial charge in [-0.1, -0.05) is 29.3 Å². The molecule has 5 nitrogen and oxygen atoms in total. The number of hydrogen-bond donors (Lipinski definition) is 2. The molecule has 0 aliphatic rings. The van der Waals surface area contributed by atoms with Crippen LogP contribution in [0.3, 0.4) is 0 Å². The van der Waals surface area contributed by atoms with E-state index in [1.54, 1.807) is 41.3 Å². The average Bonchev–Trinajstić information content (AvgIpc) is 3.00. The molecule has 0 saturated heterocycles. The highest BCUT2D eigenvalue weighted by Crippen LogP contribution is 2.24. The molecule has 0 amide bonds. The molecular weight excluding hydrogens is 384 g/mol. The third-order valence-corrected chi connectivity index (χ3v) is 4.16. The molecule has 0 radical (unpaired) electrons. The Bertz CT molecular complexity index is 878. The number of benzene rings is 2. The molecule has 25 heavy (non-hydrogen) atoms. The van der Waals surface area contributed by atoms with Crippen LogP contribution in [0.5, 0.6) is 0 Å². The molecule has 0 aliphatic carbocycles. The number of hydrogen-bond acceptors (Lipinski definition) is 3. The molecule has 1 aromatic heterocycles. The molecule has 2 N–H and O–H groups in total. The van der Waals surface area contributed by atoms with Gasteiger partial charge in [0.25, 0.3) is 0 Å². The van der Waals surface area contributed by atoms with E-state index in [1.807, 2.05) is 0 Å². The Morgan fingerprint density at radius 3 is 2.44 bits per heavy atom. The van der Waals surface area contributed by atoms with Gasteiger partial charge in [0, 0.05) is 21.3 Å². The van der Waals surface area contributed by atoms with Gasteiger partial charge in [-0.25, -0.2) is 14.1 Å². The van der Waals surface area contributed by atoms with Gasteiger partial charge in [0.2, 0.25) is 5.95 Å². The van der Waals surface area contributed by atoms with Gasteiger partial charge < -0.3 is 5.32 Å². The second-order valence-electron chi connectivity index (χ2n) is 5.05. The van der Waals surface area contributed by atoms with Gasteiger partial charge in [-0.2, -0.15) is 0 Å². The van der Waals surface area contributed by atoms with E-state index in [9.17, 15) is 4.39 Å². The zero-order chi connectivity index (χ0) is 17.8. The van der Waals surface area contributed by atoms with Crippen molar-refractivity contribution in [3.63, 3.8) is 0 Å². The first-order chi connectivity index (χ1) is 12.0. The monoisotopic (exact) mass is 395 g/mol. The maximum absolute atomic E-state index is 12.9. The highest BCUT2D eigenvalue weighted by molar-refractivity contribution is 7.80. The predicted molar refractivity (Wildman–Crippen MR) is 102 cm³/mol. The molecule has 0 bridgehead atoms. The van der Waals surface area contributed by atoms with E-state index in [2.05, 4.69) is 20.7 Å². The summed E-state index contributed by atoms with van der Waals surface area (Å²) in [5, 5.41) is 11.5. The summed E-state index contributed by atoms with van der Waals surface area (Å²) in [5.74, 6) is 0.00542. The first-order valence-electron chi connectivity index (χ1n) is 7.17. The largest absolute Gasteiger partial charge is 0.332 e. The Kier molecular flexibility index (Phi) is 5.47. The summed E-state index contributed by atoms with van der Waals surface area (Å²) in [6.07, 6.45) is 1.54. The van der Waals surface area contributed by atoms with E-state index < -0.39 is 0 Å². The Morgan fingerprint density at radius 1 is 1.08 bits per heavy atom. The number of nitrogens with one attached hydrogen (secondary N) is 2. The number of nitrogens with zero attached hydrogens (tertiary/aromatic N) is 3. The Labute approximate surface area is 158 Å². The summed E-state index contributed by atoms with van der Waals surface area (Å²) in [4.78, 5) is 4.13. The third kappa shape index (κ3) is 4.66. The highest BCUT2D eigenvalue weighted by atomic mass is 35.5. The van der Waals surface area contributed by atoms with Gasteiger partial charge in [0.15, 0.2) is 5.11 Å². The van der Waals surface area contributed by atoms with E-state index in [1.165, 1.54) is 12.1 Å². The van der Waals surface area contributed by atoms with Crippen LogP contribution in [-0.4, -0.2) is 19.9 Å². The van der Waals surface area contributed by atoms with Crippen molar-refractivity contribution in [1.82, 2.24) is 14.8 Å². The van der Waals surface area contributed by atoms with E-state index in [-0.39, 0.29) is 5.82 Å². The second kappa shape index (κ2) is 7.77. The Balaban J connectivity index is 1.63. The van der Waals surface area contributed by atoms with E-state index in [0.717, 1.165) is 5.56 Å². The molecule has 3 rings (SSSR count). The van der Waals surface area contributed by atoms with Crippen LogP contribution in [0.15, 0.2) is 48.8 Å². The van der Waals surface area contributed by atoms with Gasteiger partial charge in [0.05, 0.1) is 6.54 Å². The fraction of sp³-hybridized carbons (Fsp3) is 0.0625. The van der Waals surface area contributed by atoms with Crippen LogP contribution >= 0.6 is 35.4 Å². The minimum atomic E-state index is -0.317. The fourth-order valence-corrected chi connectivity index (χ4v) is 2.80. The summed E-state index contributed by atoms with van der Waals surface area (Å²) < 4.78 is 14.5. The molecule has 2 aromatic carbocycles. The average molecular weight is 396 g/mol. The highest BCUT2D eigenvalue weighted by Gasteiger charge is 2.09. The van der Waals surface area contributed by atoms with E-state index in [4.69, 9.17) is 35.4 Å². The Hall–Kier alpha value is -2.22. The van der Waals surface area contributed by atoms with Crippen LogP contribution < -0.4 is 10.6 Å². The van der Waals surface area contributed by atoms with Crippen molar-refractivity contribution in [3.8, 4) is 0 Å². The SMILES string of the molecule is Fc1ccc(NC(=S)Nc2ncn(Cc3c(Cl)cccc3Cl)n2)cc1. The fourth-order valence-electron chi connectivity index (χ4n) is 2.07. The van der Waals surface area contributed by atoms with Crippen molar-refractivity contribution in [1.29, 1.82) is 0 Å². The van der Waals surface area contributed by atoms with Crippen LogP contribution in [0.1, 0.15) is 5.56 Å². The Morgan fingerprint density at radius 2 is 1.76 bits per heavy atom. The number of aromatic nitrogens is 3. The molecule has 3 aromatic rings. The summed E-state index contributed by atoms with van der Waals surface area (Å²) in [5.41, 5.74) is 1.41. The molecule has 0 atom stereocenters. The number of halogens is 3. The van der Waals surface area contributed by atoms with Crippen molar-refractivity contribution < 1.29 is 4.39 Å². The zero-order valence-electron chi connectivity index (χ0n) is 12.7. The lowest BCUT2D eigenvalue weighted by Gasteiger charge is -2.08. The lowest BCUT2D eigenvalue weighted by molar-refractivity contribution is 0.628. The van der Waals surface area contributed by atoms with E-state index in [0.29, 0.717) is 33.3 Å². The number of rotatable bonds is 4. The summed E-state index contributed by atoms with van der Waals surface area (Å²) in [7, 11) is 0. The smallest absolute Gasteiger partial charge is 0.248 e. The van der Waals surface area contributed by atoms with Gasteiger partial charge in [-0.15, -0.1) is 5.10 Å². The van der Waals surface area contributed by atoms with Crippen LogP contribution in [0.2, 0.25) is 10.0 Å². The topological polar surface area (TPSA) is 54.8 Å². The molecule has 0 unspecified atom stereocenters. The summed E-state index contributed by atoms with van der Waals surface area (Å²) >= 11 is 17.5. The first kappa shape index (κ1) is 17.6. The quantitative estimate of drug-likeness (QED) is 0.633. The van der Waals surface area contributed by atoms with Gasteiger partial charge >= 0.3 is 0 Å². The minimum absolute atomic E-state index is 0.292. The molecule has 0 spiro atoms. The van der Waals surface area contributed by atoms with Gasteiger partial charge in [-0.05, 0) is 48.6 Å². The van der Waals surface area contributed by atoms with Crippen molar-refractivity contribution in [2.75, 3.05) is 10.6 Å². The maximum Gasteiger partial charge on any atom is 0.248 e. The molecule has 9 heteroatoms. The first-order valence-corrected chi connectivity index (χ1v) is 8.33. The van der Waals surface area contributed by atoms with Crippen molar-refractivity contribution in [3.05, 3.63) is 70.2 Å². The van der Waals surface area contributed by atoms with Crippen LogP contribution in [0.25, 0.3) is 0 Å². The maximum atomic E-state index is 12.9. The standard InChI is InChI=1S/C16H12Cl2FN5S/c17-13-2-1-3-14(18)12(13)8-24-9-20-15(23-24)22-16(25)21-11-6-4-10(19)5-7-11/h1-7,9H,8H2,(H2,21,22,23,25). The van der Waals surface area contributed by atoms with Crippen molar-refractivity contribution >= 4 is 52.2 Å². The molecule has 0 aliphatic heterocycles. The van der Waals surface area contributed by atoms with Crippen molar-refractivity contribution in [2.24, 2.45) is 0 Å². The molecule has 1 heterocycles. The number of anilines is 2. The third-order valence-electron chi connectivity index (χ3n) is 3.25. The van der Waals surface area contributed by atoms with Gasteiger partial charge in [0.1, 0.15) is 12.1 Å². The van der Waals surface area contributed by atoms with Crippen molar-refractivity contribution in [2.45, 2.75) is 6.54 Å². The molecular formula is C16H12Cl2FN5S. The van der Waals surface area contributed by atoms with Crippen LogP contribution in [0.4, 0.5) is 16.0 Å². The second-order valence-corrected chi connectivity index (χ2v) is 6.27. The zero-order valence-corrected chi connectivity index (χ0v) is 15.0.